The third-order valence-corrected chi connectivity index (χ3v) is 3.72. The van der Waals surface area contributed by atoms with Crippen molar-refractivity contribution < 1.29 is 5.11 Å². The summed E-state index contributed by atoms with van der Waals surface area (Å²) < 4.78 is 0. The van der Waals surface area contributed by atoms with Gasteiger partial charge in [-0.1, -0.05) is 37.1 Å². The van der Waals surface area contributed by atoms with E-state index in [-0.39, 0.29) is 30.6 Å². The first kappa shape index (κ1) is 22.5. The predicted molar refractivity (Wildman–Crippen MR) is 110 cm³/mol. The molecule has 1 unspecified atom stereocenters. The van der Waals surface area contributed by atoms with Crippen LogP contribution >= 0.6 is 35.6 Å². The lowest BCUT2D eigenvalue weighted by molar-refractivity contribution is 0.251. The van der Waals surface area contributed by atoms with E-state index in [1.807, 2.05) is 24.3 Å². The van der Waals surface area contributed by atoms with Gasteiger partial charge in [-0.3, -0.25) is 0 Å². The smallest absolute Gasteiger partial charge is 0.191 e. The molecule has 0 aromatic heterocycles. The zero-order valence-electron chi connectivity index (χ0n) is 14.0. The summed E-state index contributed by atoms with van der Waals surface area (Å²) in [6.07, 6.45) is 3.08. The minimum absolute atomic E-state index is 0. The third-order valence-electron chi connectivity index (χ3n) is 3.47. The molecule has 0 saturated carbocycles. The summed E-state index contributed by atoms with van der Waals surface area (Å²) in [6.45, 7) is 6.74. The molecule has 23 heavy (non-hydrogen) atoms. The van der Waals surface area contributed by atoms with E-state index in [1.165, 1.54) is 0 Å². The van der Waals surface area contributed by atoms with Crippen molar-refractivity contribution in [1.29, 1.82) is 0 Å². The minimum Gasteiger partial charge on any atom is -0.396 e. The van der Waals surface area contributed by atoms with E-state index in [4.69, 9.17) is 16.7 Å². The molecular weight excluding hydrogens is 425 g/mol. The molecule has 4 nitrogen and oxygen atoms in total. The van der Waals surface area contributed by atoms with Crippen molar-refractivity contribution in [2.75, 3.05) is 19.7 Å². The summed E-state index contributed by atoms with van der Waals surface area (Å²) >= 11 is 5.89. The molecule has 0 fully saturated rings. The number of guanidine groups is 1. The zero-order chi connectivity index (χ0) is 16.2. The second kappa shape index (κ2) is 13.9. The maximum absolute atomic E-state index is 9.12. The molecule has 132 valence electrons. The van der Waals surface area contributed by atoms with E-state index in [9.17, 15) is 0 Å². The van der Waals surface area contributed by atoms with Gasteiger partial charge in [0.25, 0.3) is 0 Å². The zero-order valence-corrected chi connectivity index (χ0v) is 17.1. The number of aliphatic hydroxyl groups excluding tert-OH is 1. The summed E-state index contributed by atoms with van der Waals surface area (Å²) in [5.41, 5.74) is 1.13. The number of halogens is 2. The summed E-state index contributed by atoms with van der Waals surface area (Å²) in [5, 5.41) is 16.5. The van der Waals surface area contributed by atoms with Crippen molar-refractivity contribution in [3.63, 3.8) is 0 Å². The van der Waals surface area contributed by atoms with Gasteiger partial charge >= 0.3 is 0 Å². The maximum atomic E-state index is 9.12. The van der Waals surface area contributed by atoms with Crippen LogP contribution in [0, 0.1) is 5.92 Å². The van der Waals surface area contributed by atoms with Crippen LogP contribution in [0.25, 0.3) is 0 Å². The van der Waals surface area contributed by atoms with Crippen LogP contribution in [0.1, 0.15) is 38.7 Å². The van der Waals surface area contributed by atoms with Crippen molar-refractivity contribution in [2.45, 2.75) is 39.7 Å². The van der Waals surface area contributed by atoms with Crippen LogP contribution < -0.4 is 10.6 Å². The Hall–Kier alpha value is -0.530. The average molecular weight is 454 g/mol. The Morgan fingerprint density at radius 2 is 1.87 bits per heavy atom. The molecule has 1 rings (SSSR count). The fourth-order valence-electron chi connectivity index (χ4n) is 2.28. The lowest BCUT2D eigenvalue weighted by Gasteiger charge is -2.18. The average Bonchev–Trinajstić information content (AvgIpc) is 2.52. The van der Waals surface area contributed by atoms with Gasteiger partial charge in [-0.15, -0.1) is 24.0 Å². The fourth-order valence-corrected chi connectivity index (χ4v) is 2.41. The van der Waals surface area contributed by atoms with Gasteiger partial charge in [-0.05, 0) is 43.4 Å². The van der Waals surface area contributed by atoms with Crippen LogP contribution in [0.2, 0.25) is 5.02 Å². The molecule has 6 heteroatoms. The minimum atomic E-state index is 0. The summed E-state index contributed by atoms with van der Waals surface area (Å²) in [6, 6.07) is 7.73. The van der Waals surface area contributed by atoms with Crippen LogP contribution in [0.3, 0.4) is 0 Å². The van der Waals surface area contributed by atoms with E-state index < -0.39 is 0 Å². The SMILES string of the molecule is CCCC(CCO)CNC(=NCc1ccc(Cl)cc1)NCC.I. The monoisotopic (exact) mass is 453 g/mol. The molecule has 3 N–H and O–H groups in total. The molecule has 1 aromatic rings. The quantitative estimate of drug-likeness (QED) is 0.303. The van der Waals surface area contributed by atoms with E-state index in [0.717, 1.165) is 48.9 Å². The van der Waals surface area contributed by atoms with Gasteiger partial charge in [-0.2, -0.15) is 0 Å². The van der Waals surface area contributed by atoms with E-state index in [1.54, 1.807) is 0 Å². The molecule has 0 amide bonds. The van der Waals surface area contributed by atoms with Crippen molar-refractivity contribution in [2.24, 2.45) is 10.9 Å². The van der Waals surface area contributed by atoms with Gasteiger partial charge in [-0.25, -0.2) is 4.99 Å². The largest absolute Gasteiger partial charge is 0.396 e. The van der Waals surface area contributed by atoms with Gasteiger partial charge in [0.15, 0.2) is 5.96 Å². The van der Waals surface area contributed by atoms with E-state index in [0.29, 0.717) is 12.5 Å². The number of hydrogen-bond donors (Lipinski definition) is 3. The van der Waals surface area contributed by atoms with Gasteiger partial charge in [0.1, 0.15) is 0 Å². The number of nitrogens with one attached hydrogen (secondary N) is 2. The van der Waals surface area contributed by atoms with Crippen LogP contribution in [-0.2, 0) is 6.54 Å². The number of rotatable bonds is 9. The Kier molecular flexibility index (Phi) is 13.5. The number of aliphatic imine (C=N–C) groups is 1. The van der Waals surface area contributed by atoms with Crippen LogP contribution in [-0.4, -0.2) is 30.8 Å². The standard InChI is InChI=1S/C17H28ClN3O.HI/c1-3-5-14(10-11-22)12-20-17(19-4-2)21-13-15-6-8-16(18)9-7-15;/h6-9,14,22H,3-5,10-13H2,1-2H3,(H2,19,20,21);1H. The van der Waals surface area contributed by atoms with Crippen molar-refractivity contribution in [3.05, 3.63) is 34.9 Å². The van der Waals surface area contributed by atoms with E-state index >= 15 is 0 Å². The Morgan fingerprint density at radius 1 is 1.17 bits per heavy atom. The highest BCUT2D eigenvalue weighted by Gasteiger charge is 2.08. The molecule has 0 saturated heterocycles. The highest BCUT2D eigenvalue weighted by atomic mass is 127. The van der Waals surface area contributed by atoms with Crippen LogP contribution in [0.15, 0.2) is 29.3 Å². The van der Waals surface area contributed by atoms with Gasteiger partial charge in [0.05, 0.1) is 6.54 Å². The van der Waals surface area contributed by atoms with Gasteiger partial charge < -0.3 is 15.7 Å². The molecule has 0 spiro atoms. The Bertz CT molecular complexity index is 434. The van der Waals surface area contributed by atoms with Crippen LogP contribution in [0.5, 0.6) is 0 Å². The molecule has 0 bridgehead atoms. The lowest BCUT2D eigenvalue weighted by Crippen LogP contribution is -2.40. The Morgan fingerprint density at radius 3 is 2.43 bits per heavy atom. The molecule has 1 aromatic carbocycles. The first-order valence-electron chi connectivity index (χ1n) is 8.07. The first-order valence-corrected chi connectivity index (χ1v) is 8.44. The fraction of sp³-hybridized carbons (Fsp3) is 0.588. The number of benzene rings is 1. The second-order valence-electron chi connectivity index (χ2n) is 5.37. The molecule has 0 aliphatic heterocycles. The number of hydrogen-bond acceptors (Lipinski definition) is 2. The van der Waals surface area contributed by atoms with Crippen LogP contribution in [0.4, 0.5) is 0 Å². The number of nitrogens with zero attached hydrogens (tertiary/aromatic N) is 1. The maximum Gasteiger partial charge on any atom is 0.191 e. The Labute approximate surface area is 162 Å². The molecule has 1 atom stereocenters. The highest BCUT2D eigenvalue weighted by Crippen LogP contribution is 2.11. The predicted octanol–water partition coefficient (Wildman–Crippen LogP) is 3.81. The highest BCUT2D eigenvalue weighted by molar-refractivity contribution is 14.0. The summed E-state index contributed by atoms with van der Waals surface area (Å²) in [5.74, 6) is 1.30. The molecule has 0 radical (unpaired) electrons. The Balaban J connectivity index is 0.00000484. The topological polar surface area (TPSA) is 56.6 Å². The second-order valence-corrected chi connectivity index (χ2v) is 5.81. The lowest BCUT2D eigenvalue weighted by atomic mass is 10.0. The van der Waals surface area contributed by atoms with Gasteiger partial charge in [0, 0.05) is 24.7 Å². The third kappa shape index (κ3) is 10.0. The van der Waals surface area contributed by atoms with Crippen molar-refractivity contribution in [1.82, 2.24) is 10.6 Å². The van der Waals surface area contributed by atoms with Gasteiger partial charge in [0.2, 0.25) is 0 Å². The van der Waals surface area contributed by atoms with Crippen molar-refractivity contribution >= 4 is 41.5 Å². The normalized spacial score (nSPS) is 12.4. The first-order chi connectivity index (χ1) is 10.7. The van der Waals surface area contributed by atoms with Crippen molar-refractivity contribution in [3.8, 4) is 0 Å². The molecular formula is C17H29ClIN3O. The molecule has 0 aliphatic rings. The summed E-state index contributed by atoms with van der Waals surface area (Å²) in [4.78, 5) is 4.59. The number of aliphatic hydroxyl groups is 1. The molecule has 0 heterocycles. The van der Waals surface area contributed by atoms with E-state index in [2.05, 4.69) is 29.5 Å². The summed E-state index contributed by atoms with van der Waals surface area (Å²) in [7, 11) is 0. The molecule has 0 aliphatic carbocycles.